The van der Waals surface area contributed by atoms with E-state index in [2.05, 4.69) is 4.72 Å². The summed E-state index contributed by atoms with van der Waals surface area (Å²) in [5.41, 5.74) is 1.58. The van der Waals surface area contributed by atoms with Crippen molar-refractivity contribution < 1.29 is 17.9 Å². The molecule has 6 heteroatoms. The lowest BCUT2D eigenvalue weighted by Crippen LogP contribution is -2.28. The third kappa shape index (κ3) is 5.76. The molecule has 1 atom stereocenters. The second-order valence-electron chi connectivity index (χ2n) is 5.66. The molecule has 0 saturated heterocycles. The fourth-order valence-corrected chi connectivity index (χ4v) is 3.90. The van der Waals surface area contributed by atoms with Crippen molar-refractivity contribution in [1.29, 1.82) is 0 Å². The van der Waals surface area contributed by atoms with Crippen molar-refractivity contribution in [3.8, 4) is 11.5 Å². The van der Waals surface area contributed by atoms with E-state index in [0.717, 1.165) is 11.1 Å². The third-order valence-electron chi connectivity index (χ3n) is 3.62. The quantitative estimate of drug-likeness (QED) is 0.738. The summed E-state index contributed by atoms with van der Waals surface area (Å²) in [5, 5.41) is 0. The summed E-state index contributed by atoms with van der Waals surface area (Å²) in [6.07, 6.45) is 0. The molecule has 0 aromatic heterocycles. The van der Waals surface area contributed by atoms with Gasteiger partial charge >= 0.3 is 0 Å². The Morgan fingerprint density at radius 2 is 1.60 bits per heavy atom. The van der Waals surface area contributed by atoms with Crippen molar-refractivity contribution in [2.45, 2.75) is 32.6 Å². The van der Waals surface area contributed by atoms with Crippen LogP contribution in [-0.2, 0) is 15.8 Å². The minimum Gasteiger partial charge on any atom is -0.490 e. The molecule has 0 amide bonds. The number of benzene rings is 2. The number of hydrogen-bond acceptors (Lipinski definition) is 4. The van der Waals surface area contributed by atoms with Gasteiger partial charge in [-0.3, -0.25) is 0 Å². The first kappa shape index (κ1) is 19.3. The number of nitrogens with one attached hydrogen (secondary N) is 1. The van der Waals surface area contributed by atoms with Gasteiger partial charge in [-0.05, 0) is 44.0 Å². The molecular formula is C19H25NO4S. The predicted octanol–water partition coefficient (Wildman–Crippen LogP) is 3.66. The molecule has 1 unspecified atom stereocenters. The summed E-state index contributed by atoms with van der Waals surface area (Å²) in [5.74, 6) is 1.23. The van der Waals surface area contributed by atoms with E-state index in [9.17, 15) is 8.42 Å². The standard InChI is InChI=1S/C19H25NO4S/c1-4-23-18-12-11-17(13-19(18)24-5-2)15(3)20-25(21,22)14-16-9-7-6-8-10-16/h6-13,15,20H,4-5,14H2,1-3H3. The Hall–Kier alpha value is -2.05. The molecule has 2 aromatic carbocycles. The molecule has 0 heterocycles. The van der Waals surface area contributed by atoms with Gasteiger partial charge in [0.15, 0.2) is 11.5 Å². The maximum absolute atomic E-state index is 12.4. The van der Waals surface area contributed by atoms with Crippen molar-refractivity contribution in [3.63, 3.8) is 0 Å². The fourth-order valence-electron chi connectivity index (χ4n) is 2.51. The van der Waals surface area contributed by atoms with E-state index in [4.69, 9.17) is 9.47 Å². The third-order valence-corrected chi connectivity index (χ3v) is 5.05. The minimum atomic E-state index is -3.45. The first-order valence-electron chi connectivity index (χ1n) is 8.38. The van der Waals surface area contributed by atoms with Crippen LogP contribution in [0.25, 0.3) is 0 Å². The molecule has 136 valence electrons. The SMILES string of the molecule is CCOc1ccc(C(C)NS(=O)(=O)Cc2ccccc2)cc1OCC. The topological polar surface area (TPSA) is 64.6 Å². The van der Waals surface area contributed by atoms with Gasteiger partial charge < -0.3 is 9.47 Å². The van der Waals surface area contributed by atoms with E-state index in [0.29, 0.717) is 24.7 Å². The first-order chi connectivity index (χ1) is 11.9. The predicted molar refractivity (Wildman–Crippen MR) is 99.4 cm³/mol. The monoisotopic (exact) mass is 363 g/mol. The van der Waals surface area contributed by atoms with Crippen molar-refractivity contribution >= 4 is 10.0 Å². The van der Waals surface area contributed by atoms with Gasteiger partial charge in [0.05, 0.1) is 19.0 Å². The van der Waals surface area contributed by atoms with Gasteiger partial charge in [-0.15, -0.1) is 0 Å². The molecule has 0 aliphatic heterocycles. The smallest absolute Gasteiger partial charge is 0.216 e. The number of hydrogen-bond donors (Lipinski definition) is 1. The van der Waals surface area contributed by atoms with Gasteiger partial charge in [-0.2, -0.15) is 0 Å². The molecule has 0 bridgehead atoms. The second kappa shape index (κ2) is 8.87. The minimum absolute atomic E-state index is 0.0481. The highest BCUT2D eigenvalue weighted by Crippen LogP contribution is 2.31. The summed E-state index contributed by atoms with van der Waals surface area (Å²) in [7, 11) is -3.45. The number of rotatable bonds is 9. The molecule has 0 aliphatic rings. The lowest BCUT2D eigenvalue weighted by molar-refractivity contribution is 0.287. The van der Waals surface area contributed by atoms with Crippen molar-refractivity contribution in [3.05, 3.63) is 59.7 Å². The summed E-state index contributed by atoms with van der Waals surface area (Å²) in [6.45, 7) is 6.67. The highest BCUT2D eigenvalue weighted by atomic mass is 32.2. The summed E-state index contributed by atoms with van der Waals surface area (Å²) in [6, 6.07) is 14.2. The lowest BCUT2D eigenvalue weighted by Gasteiger charge is -2.17. The van der Waals surface area contributed by atoms with Crippen molar-refractivity contribution in [2.75, 3.05) is 13.2 Å². The van der Waals surface area contributed by atoms with Crippen LogP contribution in [0.2, 0.25) is 0 Å². The van der Waals surface area contributed by atoms with Crippen LogP contribution in [0.15, 0.2) is 48.5 Å². The molecule has 1 N–H and O–H groups in total. The maximum atomic E-state index is 12.4. The Morgan fingerprint density at radius 1 is 0.960 bits per heavy atom. The highest BCUT2D eigenvalue weighted by Gasteiger charge is 2.18. The van der Waals surface area contributed by atoms with E-state index >= 15 is 0 Å². The number of ether oxygens (including phenoxy) is 2. The molecule has 25 heavy (non-hydrogen) atoms. The number of sulfonamides is 1. The van der Waals surface area contributed by atoms with Crippen LogP contribution in [0.5, 0.6) is 11.5 Å². The molecule has 0 aliphatic carbocycles. The molecule has 0 fully saturated rings. The van der Waals surface area contributed by atoms with E-state index in [-0.39, 0.29) is 11.8 Å². The molecule has 2 rings (SSSR count). The summed E-state index contributed by atoms with van der Waals surface area (Å²) < 4.78 is 38.7. The Balaban J connectivity index is 2.13. The van der Waals surface area contributed by atoms with Crippen LogP contribution in [0.3, 0.4) is 0 Å². The first-order valence-corrected chi connectivity index (χ1v) is 10.0. The Morgan fingerprint density at radius 3 is 2.24 bits per heavy atom. The van der Waals surface area contributed by atoms with E-state index in [1.807, 2.05) is 57.2 Å². The zero-order valence-corrected chi connectivity index (χ0v) is 15.7. The molecular weight excluding hydrogens is 338 g/mol. The molecule has 5 nitrogen and oxygen atoms in total. The Kier molecular flexibility index (Phi) is 6.84. The summed E-state index contributed by atoms with van der Waals surface area (Å²) in [4.78, 5) is 0. The zero-order valence-electron chi connectivity index (χ0n) is 14.9. The van der Waals surface area contributed by atoms with Crippen LogP contribution >= 0.6 is 0 Å². The van der Waals surface area contributed by atoms with Crippen molar-refractivity contribution in [1.82, 2.24) is 4.72 Å². The van der Waals surface area contributed by atoms with Crippen LogP contribution in [0.1, 0.15) is 37.9 Å². The Labute approximate surface area is 150 Å². The lowest BCUT2D eigenvalue weighted by atomic mass is 10.1. The maximum Gasteiger partial charge on any atom is 0.216 e. The van der Waals surface area contributed by atoms with Gasteiger partial charge in [0.25, 0.3) is 0 Å². The Bertz CT molecular complexity index is 775. The van der Waals surface area contributed by atoms with Crippen LogP contribution < -0.4 is 14.2 Å². The second-order valence-corrected chi connectivity index (χ2v) is 7.41. The van der Waals surface area contributed by atoms with Crippen LogP contribution in [0, 0.1) is 0 Å². The van der Waals surface area contributed by atoms with E-state index in [1.54, 1.807) is 12.1 Å². The fraction of sp³-hybridized carbons (Fsp3) is 0.368. The average Bonchev–Trinajstić information content (AvgIpc) is 2.57. The highest BCUT2D eigenvalue weighted by molar-refractivity contribution is 7.88. The van der Waals surface area contributed by atoms with Gasteiger partial charge in [0.1, 0.15) is 0 Å². The van der Waals surface area contributed by atoms with Crippen LogP contribution in [-0.4, -0.2) is 21.6 Å². The van der Waals surface area contributed by atoms with Gasteiger partial charge in [-0.1, -0.05) is 36.4 Å². The average molecular weight is 363 g/mol. The van der Waals surface area contributed by atoms with Crippen LogP contribution in [0.4, 0.5) is 0 Å². The van der Waals surface area contributed by atoms with E-state index in [1.165, 1.54) is 0 Å². The summed E-state index contributed by atoms with van der Waals surface area (Å²) >= 11 is 0. The molecule has 0 radical (unpaired) electrons. The molecule has 0 spiro atoms. The van der Waals surface area contributed by atoms with Gasteiger partial charge in [0.2, 0.25) is 10.0 Å². The molecule has 2 aromatic rings. The largest absolute Gasteiger partial charge is 0.490 e. The van der Waals surface area contributed by atoms with Gasteiger partial charge in [-0.25, -0.2) is 13.1 Å². The molecule has 0 saturated carbocycles. The van der Waals surface area contributed by atoms with Crippen molar-refractivity contribution in [2.24, 2.45) is 0 Å². The van der Waals surface area contributed by atoms with Gasteiger partial charge in [0, 0.05) is 6.04 Å². The normalized spacial score (nSPS) is 12.6. The van der Waals surface area contributed by atoms with E-state index < -0.39 is 10.0 Å². The zero-order chi connectivity index (χ0) is 18.3.